The van der Waals surface area contributed by atoms with E-state index >= 15 is 0 Å². The van der Waals surface area contributed by atoms with Gasteiger partial charge in [0.1, 0.15) is 5.75 Å². The molecule has 1 aliphatic carbocycles. The first-order valence-electron chi connectivity index (χ1n) is 7.09. The van der Waals surface area contributed by atoms with Crippen molar-refractivity contribution in [3.05, 3.63) is 29.3 Å². The molecule has 1 atom stereocenters. The third kappa shape index (κ3) is 3.05. The Morgan fingerprint density at radius 2 is 2.11 bits per heavy atom. The second kappa shape index (κ2) is 5.31. The van der Waals surface area contributed by atoms with Gasteiger partial charge in [-0.1, -0.05) is 31.0 Å². The normalized spacial score (nSPS) is 18.6. The number of aromatic hydroxyl groups is 1. The third-order valence-electron chi connectivity index (χ3n) is 4.17. The maximum absolute atomic E-state index is 9.91. The highest BCUT2D eigenvalue weighted by Crippen LogP contribution is 2.49. The number of hydrogen-bond donors (Lipinski definition) is 2. The van der Waals surface area contributed by atoms with Crippen molar-refractivity contribution in [1.82, 2.24) is 5.32 Å². The molecule has 18 heavy (non-hydrogen) atoms. The van der Waals surface area contributed by atoms with Crippen LogP contribution in [-0.2, 0) is 0 Å². The molecule has 0 aromatic heterocycles. The van der Waals surface area contributed by atoms with Gasteiger partial charge in [-0.25, -0.2) is 0 Å². The van der Waals surface area contributed by atoms with Gasteiger partial charge in [0.2, 0.25) is 0 Å². The van der Waals surface area contributed by atoms with E-state index in [0.717, 1.165) is 12.1 Å². The molecule has 0 amide bonds. The Morgan fingerprint density at radius 1 is 1.39 bits per heavy atom. The number of nitrogens with one attached hydrogen (secondary N) is 1. The van der Waals surface area contributed by atoms with Crippen molar-refractivity contribution in [2.75, 3.05) is 6.54 Å². The smallest absolute Gasteiger partial charge is 0.120 e. The van der Waals surface area contributed by atoms with Crippen LogP contribution in [0.5, 0.6) is 5.75 Å². The lowest BCUT2D eigenvalue weighted by molar-refractivity contribution is 0.389. The number of rotatable bonds is 6. The van der Waals surface area contributed by atoms with Crippen LogP contribution in [0.15, 0.2) is 18.2 Å². The Labute approximate surface area is 110 Å². The number of phenolic OH excluding ortho intramolecular Hbond substituents is 1. The molecule has 0 radical (unpaired) electrons. The highest BCUT2D eigenvalue weighted by atomic mass is 16.3. The van der Waals surface area contributed by atoms with Gasteiger partial charge >= 0.3 is 0 Å². The first-order valence-corrected chi connectivity index (χ1v) is 7.09. The zero-order valence-electron chi connectivity index (χ0n) is 11.8. The van der Waals surface area contributed by atoms with Gasteiger partial charge in [0.15, 0.2) is 0 Å². The predicted octanol–water partition coefficient (Wildman–Crippen LogP) is 3.93. The second-order valence-electron chi connectivity index (χ2n) is 5.91. The van der Waals surface area contributed by atoms with Crippen molar-refractivity contribution in [1.29, 1.82) is 0 Å². The first kappa shape index (κ1) is 13.4. The molecule has 0 spiro atoms. The molecule has 1 aromatic carbocycles. The highest BCUT2D eigenvalue weighted by Gasteiger charge is 2.41. The fourth-order valence-corrected chi connectivity index (χ4v) is 2.72. The summed E-state index contributed by atoms with van der Waals surface area (Å²) in [4.78, 5) is 0. The van der Waals surface area contributed by atoms with E-state index in [1.807, 2.05) is 6.07 Å². The minimum Gasteiger partial charge on any atom is -0.508 e. The molecule has 0 aliphatic heterocycles. The largest absolute Gasteiger partial charge is 0.508 e. The van der Waals surface area contributed by atoms with Crippen LogP contribution in [0.4, 0.5) is 0 Å². The molecule has 2 heteroatoms. The average Bonchev–Trinajstić information content (AvgIpc) is 3.10. The molecule has 0 saturated heterocycles. The van der Waals surface area contributed by atoms with E-state index in [4.69, 9.17) is 0 Å². The molecule has 1 aliphatic rings. The molecular weight excluding hydrogens is 222 g/mol. The van der Waals surface area contributed by atoms with Gasteiger partial charge in [-0.05, 0) is 44.6 Å². The van der Waals surface area contributed by atoms with Crippen molar-refractivity contribution in [2.24, 2.45) is 5.41 Å². The van der Waals surface area contributed by atoms with Crippen LogP contribution in [-0.4, -0.2) is 11.7 Å². The summed E-state index contributed by atoms with van der Waals surface area (Å²) in [6.45, 7) is 7.54. The zero-order chi connectivity index (χ0) is 13.2. The van der Waals surface area contributed by atoms with Gasteiger partial charge in [0.05, 0.1) is 0 Å². The topological polar surface area (TPSA) is 32.3 Å². The Balaban J connectivity index is 1.95. The molecule has 2 nitrogen and oxygen atoms in total. The standard InChI is InChI=1S/C16H25NO/c1-4-7-16(8-9-16)11-17-13(3)14-10-12(2)5-6-15(14)18/h5-6,10,13,17-18H,4,7-9,11H2,1-3H3. The van der Waals surface area contributed by atoms with E-state index in [1.165, 1.54) is 31.2 Å². The molecule has 0 heterocycles. The number of benzene rings is 1. The maximum Gasteiger partial charge on any atom is 0.120 e. The van der Waals surface area contributed by atoms with E-state index in [0.29, 0.717) is 11.2 Å². The minimum atomic E-state index is 0.222. The molecular formula is C16H25NO. The molecule has 2 N–H and O–H groups in total. The van der Waals surface area contributed by atoms with Gasteiger partial charge < -0.3 is 10.4 Å². The van der Waals surface area contributed by atoms with E-state index in [1.54, 1.807) is 6.07 Å². The fraction of sp³-hybridized carbons (Fsp3) is 0.625. The summed E-state index contributed by atoms with van der Waals surface area (Å²) in [7, 11) is 0. The lowest BCUT2D eigenvalue weighted by atomic mass is 9.99. The quantitative estimate of drug-likeness (QED) is 0.798. The van der Waals surface area contributed by atoms with Crippen molar-refractivity contribution in [3.63, 3.8) is 0 Å². The van der Waals surface area contributed by atoms with Crippen LogP contribution < -0.4 is 5.32 Å². The van der Waals surface area contributed by atoms with Gasteiger partial charge in [-0.2, -0.15) is 0 Å². The highest BCUT2D eigenvalue weighted by molar-refractivity contribution is 5.37. The van der Waals surface area contributed by atoms with Gasteiger partial charge in [-0.3, -0.25) is 0 Å². The molecule has 1 saturated carbocycles. The number of hydrogen-bond acceptors (Lipinski definition) is 2. The van der Waals surface area contributed by atoms with Gasteiger partial charge in [0.25, 0.3) is 0 Å². The van der Waals surface area contributed by atoms with E-state index < -0.39 is 0 Å². The molecule has 1 fully saturated rings. The summed E-state index contributed by atoms with van der Waals surface area (Å²) < 4.78 is 0. The summed E-state index contributed by atoms with van der Waals surface area (Å²) in [5, 5.41) is 13.5. The van der Waals surface area contributed by atoms with Crippen LogP contribution in [0.3, 0.4) is 0 Å². The Bertz CT molecular complexity index is 410. The molecule has 2 rings (SSSR count). The SMILES string of the molecule is CCCC1(CNC(C)c2cc(C)ccc2O)CC1. The fourth-order valence-electron chi connectivity index (χ4n) is 2.72. The molecule has 1 aromatic rings. The molecule has 0 bridgehead atoms. The lowest BCUT2D eigenvalue weighted by Gasteiger charge is -2.21. The maximum atomic E-state index is 9.91. The average molecular weight is 247 g/mol. The van der Waals surface area contributed by atoms with Crippen LogP contribution in [0.1, 0.15) is 56.7 Å². The van der Waals surface area contributed by atoms with Crippen molar-refractivity contribution >= 4 is 0 Å². The Kier molecular flexibility index (Phi) is 3.96. The monoisotopic (exact) mass is 247 g/mol. The minimum absolute atomic E-state index is 0.222. The van der Waals surface area contributed by atoms with Gasteiger partial charge in [-0.15, -0.1) is 0 Å². The zero-order valence-corrected chi connectivity index (χ0v) is 11.8. The molecule has 1 unspecified atom stereocenters. The van der Waals surface area contributed by atoms with Crippen molar-refractivity contribution in [2.45, 2.75) is 52.5 Å². The second-order valence-corrected chi connectivity index (χ2v) is 5.91. The van der Waals surface area contributed by atoms with Crippen LogP contribution >= 0.6 is 0 Å². The van der Waals surface area contributed by atoms with E-state index in [9.17, 15) is 5.11 Å². The number of phenols is 1. The number of aryl methyl sites for hydroxylation is 1. The van der Waals surface area contributed by atoms with Crippen molar-refractivity contribution in [3.8, 4) is 5.75 Å². The third-order valence-corrected chi connectivity index (χ3v) is 4.17. The Morgan fingerprint density at radius 3 is 2.72 bits per heavy atom. The summed E-state index contributed by atoms with van der Waals surface area (Å²) >= 11 is 0. The van der Waals surface area contributed by atoms with Crippen LogP contribution in [0.2, 0.25) is 0 Å². The van der Waals surface area contributed by atoms with E-state index in [-0.39, 0.29) is 6.04 Å². The van der Waals surface area contributed by atoms with E-state index in [2.05, 4.69) is 32.2 Å². The summed E-state index contributed by atoms with van der Waals surface area (Å²) in [6, 6.07) is 6.04. The van der Waals surface area contributed by atoms with Gasteiger partial charge in [0, 0.05) is 18.2 Å². The summed E-state index contributed by atoms with van der Waals surface area (Å²) in [5.41, 5.74) is 2.77. The summed E-state index contributed by atoms with van der Waals surface area (Å²) in [5.74, 6) is 0.404. The van der Waals surface area contributed by atoms with Crippen LogP contribution in [0.25, 0.3) is 0 Å². The molecule has 100 valence electrons. The predicted molar refractivity (Wildman–Crippen MR) is 75.8 cm³/mol. The van der Waals surface area contributed by atoms with Crippen molar-refractivity contribution < 1.29 is 5.11 Å². The van der Waals surface area contributed by atoms with Crippen LogP contribution in [0, 0.1) is 12.3 Å². The lowest BCUT2D eigenvalue weighted by Crippen LogP contribution is -2.26. The Hall–Kier alpha value is -1.02. The summed E-state index contributed by atoms with van der Waals surface area (Å²) in [6.07, 6.45) is 5.32. The first-order chi connectivity index (χ1) is 8.56.